The minimum atomic E-state index is -0.760. The van der Waals surface area contributed by atoms with Crippen molar-refractivity contribution in [2.24, 2.45) is 5.41 Å². The van der Waals surface area contributed by atoms with Crippen molar-refractivity contribution in [3.63, 3.8) is 0 Å². The molecule has 1 saturated heterocycles. The molecular weight excluding hydrogens is 432 g/mol. The monoisotopic (exact) mass is 466 g/mol. The molecule has 0 radical (unpaired) electrons. The van der Waals surface area contributed by atoms with Crippen LogP contribution < -0.4 is 0 Å². The van der Waals surface area contributed by atoms with Gasteiger partial charge in [-0.05, 0) is 39.0 Å². The Morgan fingerprint density at radius 3 is 2.34 bits per heavy atom. The third kappa shape index (κ3) is 8.22. The molecule has 7 nitrogen and oxygen atoms in total. The first-order valence-corrected chi connectivity index (χ1v) is 12.0. The Kier molecular flexibility index (Phi) is 10.2. The topological polar surface area (TPSA) is 88.1 Å². The van der Waals surface area contributed by atoms with Crippen LogP contribution in [0.5, 0.6) is 0 Å². The quantitative estimate of drug-likeness (QED) is 0.480. The summed E-state index contributed by atoms with van der Waals surface area (Å²) in [5.41, 5.74) is -0.211. The SMILES string of the molecule is CCS[C@@H]1OC[C@@H](OC(=O)CCC(C)=O)[C@H](OCc2ccccc2)[C@H]1OC(=O)C(C)(C)C. The molecular formula is C24H34O7S. The van der Waals surface area contributed by atoms with E-state index in [0.717, 1.165) is 11.3 Å². The number of ketones is 1. The standard InChI is InChI=1S/C24H34O7S/c1-6-32-22-21(31-23(27)24(3,4)5)20(28-14-17-10-8-7-9-11-17)18(15-29-22)30-19(26)13-12-16(2)25/h7-11,18,20-22H,6,12-15H2,1-5H3/t18-,20+,21-,22+/m1/s1. The number of thioether (sulfide) groups is 1. The van der Waals surface area contributed by atoms with Crippen LogP contribution in [-0.4, -0.2) is 53.8 Å². The predicted molar refractivity (Wildman–Crippen MR) is 122 cm³/mol. The maximum Gasteiger partial charge on any atom is 0.311 e. The lowest BCUT2D eigenvalue weighted by molar-refractivity contribution is -0.219. The molecule has 178 valence electrons. The molecule has 1 aliphatic heterocycles. The lowest BCUT2D eigenvalue weighted by Gasteiger charge is -2.41. The molecule has 1 fully saturated rings. The van der Waals surface area contributed by atoms with Crippen LogP contribution in [0.25, 0.3) is 0 Å². The van der Waals surface area contributed by atoms with E-state index < -0.39 is 35.1 Å². The molecule has 0 unspecified atom stereocenters. The number of rotatable bonds is 10. The predicted octanol–water partition coefficient (Wildman–Crippen LogP) is 3.92. The Morgan fingerprint density at radius 2 is 1.75 bits per heavy atom. The fraction of sp³-hybridized carbons (Fsp3) is 0.625. The van der Waals surface area contributed by atoms with Gasteiger partial charge in [-0.1, -0.05) is 37.3 Å². The van der Waals surface area contributed by atoms with Gasteiger partial charge in [-0.25, -0.2) is 0 Å². The molecule has 0 aromatic heterocycles. The zero-order chi connectivity index (χ0) is 23.7. The van der Waals surface area contributed by atoms with Crippen LogP contribution in [-0.2, 0) is 39.9 Å². The van der Waals surface area contributed by atoms with Gasteiger partial charge >= 0.3 is 11.9 Å². The van der Waals surface area contributed by atoms with Gasteiger partial charge < -0.3 is 23.7 Å². The molecule has 8 heteroatoms. The van der Waals surface area contributed by atoms with Crippen molar-refractivity contribution < 1.29 is 33.3 Å². The Bertz CT molecular complexity index is 759. The molecule has 0 bridgehead atoms. The first-order valence-electron chi connectivity index (χ1n) is 10.9. The second kappa shape index (κ2) is 12.4. The zero-order valence-electron chi connectivity index (χ0n) is 19.5. The molecule has 0 aliphatic carbocycles. The van der Waals surface area contributed by atoms with Crippen molar-refractivity contribution in [2.75, 3.05) is 12.4 Å². The molecule has 32 heavy (non-hydrogen) atoms. The first kappa shape index (κ1) is 26.4. The molecule has 0 spiro atoms. The van der Waals surface area contributed by atoms with Crippen LogP contribution in [0, 0.1) is 5.41 Å². The maximum atomic E-state index is 12.7. The third-order valence-electron chi connectivity index (χ3n) is 4.82. The average molecular weight is 467 g/mol. The van der Waals surface area contributed by atoms with E-state index in [1.54, 1.807) is 20.8 Å². The highest BCUT2D eigenvalue weighted by atomic mass is 32.2. The summed E-state index contributed by atoms with van der Waals surface area (Å²) in [6, 6.07) is 9.60. The smallest absolute Gasteiger partial charge is 0.311 e. The minimum absolute atomic E-state index is 0.0170. The first-order chi connectivity index (χ1) is 15.1. The molecule has 1 aromatic carbocycles. The van der Waals surface area contributed by atoms with Gasteiger partial charge in [0.05, 0.1) is 25.0 Å². The second-order valence-electron chi connectivity index (χ2n) is 8.77. The summed E-state index contributed by atoms with van der Waals surface area (Å²) in [5.74, 6) is -0.229. The third-order valence-corrected chi connectivity index (χ3v) is 5.89. The van der Waals surface area contributed by atoms with Gasteiger partial charge in [0.2, 0.25) is 0 Å². The summed E-state index contributed by atoms with van der Waals surface area (Å²) in [4.78, 5) is 36.3. The van der Waals surface area contributed by atoms with E-state index in [2.05, 4.69) is 0 Å². The summed E-state index contributed by atoms with van der Waals surface area (Å²) in [5, 5.41) is 0. The van der Waals surface area contributed by atoms with Crippen LogP contribution in [0.2, 0.25) is 0 Å². The molecule has 0 amide bonds. The normalized spacial score (nSPS) is 23.4. The molecule has 2 rings (SSSR count). The van der Waals surface area contributed by atoms with Crippen molar-refractivity contribution in [3.8, 4) is 0 Å². The van der Waals surface area contributed by atoms with Crippen LogP contribution in [0.3, 0.4) is 0 Å². The van der Waals surface area contributed by atoms with Gasteiger partial charge in [0.25, 0.3) is 0 Å². The lowest BCUT2D eigenvalue weighted by Crippen LogP contribution is -2.56. The van der Waals surface area contributed by atoms with Crippen LogP contribution >= 0.6 is 11.8 Å². The number of Topliss-reactive ketones (excluding diaryl/α,β-unsaturated/α-hetero) is 1. The summed E-state index contributed by atoms with van der Waals surface area (Å²) < 4.78 is 23.6. The molecule has 1 heterocycles. The van der Waals surface area contributed by atoms with Crippen LogP contribution in [0.4, 0.5) is 0 Å². The van der Waals surface area contributed by atoms with E-state index in [-0.39, 0.29) is 37.8 Å². The molecule has 4 atom stereocenters. The fourth-order valence-electron chi connectivity index (χ4n) is 3.05. The van der Waals surface area contributed by atoms with E-state index in [9.17, 15) is 14.4 Å². The van der Waals surface area contributed by atoms with E-state index in [4.69, 9.17) is 18.9 Å². The Balaban J connectivity index is 2.24. The van der Waals surface area contributed by atoms with Crippen LogP contribution in [0.15, 0.2) is 30.3 Å². The number of esters is 2. The number of ether oxygens (including phenoxy) is 4. The number of hydrogen-bond acceptors (Lipinski definition) is 8. The molecule has 1 aliphatic rings. The van der Waals surface area contributed by atoms with Crippen LogP contribution in [0.1, 0.15) is 53.0 Å². The maximum absolute atomic E-state index is 12.7. The number of benzene rings is 1. The largest absolute Gasteiger partial charge is 0.457 e. The number of carbonyl (C=O) groups excluding carboxylic acids is 3. The molecule has 0 saturated carbocycles. The lowest BCUT2D eigenvalue weighted by atomic mass is 9.97. The molecule has 1 aromatic rings. The van der Waals surface area contributed by atoms with Crippen molar-refractivity contribution in [3.05, 3.63) is 35.9 Å². The molecule has 0 N–H and O–H groups in total. The van der Waals surface area contributed by atoms with E-state index in [1.807, 2.05) is 37.3 Å². The van der Waals surface area contributed by atoms with Crippen molar-refractivity contribution in [2.45, 2.75) is 77.8 Å². The highest BCUT2D eigenvalue weighted by Crippen LogP contribution is 2.32. The Labute approximate surface area is 194 Å². The minimum Gasteiger partial charge on any atom is -0.457 e. The summed E-state index contributed by atoms with van der Waals surface area (Å²) >= 11 is 1.51. The average Bonchev–Trinajstić information content (AvgIpc) is 2.73. The zero-order valence-corrected chi connectivity index (χ0v) is 20.3. The van der Waals surface area contributed by atoms with Gasteiger partial charge in [0, 0.05) is 6.42 Å². The van der Waals surface area contributed by atoms with Gasteiger partial charge in [0.1, 0.15) is 17.3 Å². The second-order valence-corrected chi connectivity index (χ2v) is 10.1. The van der Waals surface area contributed by atoms with Crippen molar-refractivity contribution in [1.29, 1.82) is 0 Å². The van der Waals surface area contributed by atoms with Crippen molar-refractivity contribution >= 4 is 29.5 Å². The number of carbonyl (C=O) groups is 3. The van der Waals surface area contributed by atoms with Gasteiger partial charge in [-0.2, -0.15) is 0 Å². The highest BCUT2D eigenvalue weighted by molar-refractivity contribution is 7.99. The highest BCUT2D eigenvalue weighted by Gasteiger charge is 2.47. The van der Waals surface area contributed by atoms with E-state index in [0.29, 0.717) is 0 Å². The van der Waals surface area contributed by atoms with Gasteiger partial charge in [0.15, 0.2) is 12.2 Å². The van der Waals surface area contributed by atoms with Crippen molar-refractivity contribution in [1.82, 2.24) is 0 Å². The van der Waals surface area contributed by atoms with Gasteiger partial charge in [-0.15, -0.1) is 11.8 Å². The Morgan fingerprint density at radius 1 is 1.06 bits per heavy atom. The Hall–Kier alpha value is -1.90. The fourth-order valence-corrected chi connectivity index (χ4v) is 3.96. The van der Waals surface area contributed by atoms with E-state index in [1.165, 1.54) is 18.7 Å². The summed E-state index contributed by atoms with van der Waals surface area (Å²) in [6.45, 7) is 9.13. The summed E-state index contributed by atoms with van der Waals surface area (Å²) in [7, 11) is 0. The summed E-state index contributed by atoms with van der Waals surface area (Å²) in [6.07, 6.45) is -2.13. The van der Waals surface area contributed by atoms with E-state index >= 15 is 0 Å². The number of hydrogen-bond donors (Lipinski definition) is 0. The van der Waals surface area contributed by atoms with Gasteiger partial charge in [-0.3, -0.25) is 9.59 Å².